The van der Waals surface area contributed by atoms with Crippen LogP contribution in [0.25, 0.3) is 0 Å². The maximum atomic E-state index is 12.1. The number of carboxylic acid groups (broad SMARTS) is 2. The van der Waals surface area contributed by atoms with Crippen molar-refractivity contribution < 1.29 is 24.6 Å². The summed E-state index contributed by atoms with van der Waals surface area (Å²) in [5.41, 5.74) is 0.716. The minimum Gasteiger partial charge on any atom is -0.480 e. The Balaban J connectivity index is 2.86. The smallest absolute Gasteiger partial charge is 0.323 e. The third-order valence-corrected chi connectivity index (χ3v) is 2.63. The fraction of sp³-hybridized carbons (Fsp3) is 0.308. The monoisotopic (exact) mass is 265 g/mol. The Labute approximate surface area is 110 Å². The summed E-state index contributed by atoms with van der Waals surface area (Å²) in [4.78, 5) is 34.3. The van der Waals surface area contributed by atoms with Gasteiger partial charge in [-0.3, -0.25) is 14.4 Å². The zero-order valence-corrected chi connectivity index (χ0v) is 10.4. The van der Waals surface area contributed by atoms with Gasteiger partial charge >= 0.3 is 11.9 Å². The molecule has 0 aromatic heterocycles. The van der Waals surface area contributed by atoms with E-state index in [1.54, 1.807) is 37.3 Å². The minimum absolute atomic E-state index is 0.518. The number of nitrogens with zero attached hydrogens (tertiary/aromatic N) is 1. The lowest BCUT2D eigenvalue weighted by Crippen LogP contribution is -2.41. The minimum atomic E-state index is -1.24. The molecule has 19 heavy (non-hydrogen) atoms. The summed E-state index contributed by atoms with van der Waals surface area (Å²) in [6.45, 7) is 0.374. The Kier molecular flexibility index (Phi) is 5.05. The van der Waals surface area contributed by atoms with Crippen molar-refractivity contribution in [2.45, 2.75) is 12.8 Å². The first-order valence-electron chi connectivity index (χ1n) is 5.69. The summed E-state index contributed by atoms with van der Waals surface area (Å²) < 4.78 is 0. The predicted molar refractivity (Wildman–Crippen MR) is 66.7 cm³/mol. The molecule has 0 aliphatic carbocycles. The van der Waals surface area contributed by atoms with Crippen LogP contribution in [0.5, 0.6) is 0 Å². The van der Waals surface area contributed by atoms with Crippen LogP contribution in [-0.2, 0) is 14.4 Å². The molecule has 2 N–H and O–H groups in total. The SMILES string of the molecule is CC(C(=O)N(CC(=O)O)CC(=O)O)c1ccccc1. The van der Waals surface area contributed by atoms with E-state index in [-0.39, 0.29) is 0 Å². The summed E-state index contributed by atoms with van der Waals surface area (Å²) in [6.07, 6.45) is 0. The number of carbonyl (C=O) groups is 3. The zero-order valence-electron chi connectivity index (χ0n) is 10.4. The quantitative estimate of drug-likeness (QED) is 0.792. The highest BCUT2D eigenvalue weighted by Crippen LogP contribution is 2.17. The molecule has 0 spiro atoms. The lowest BCUT2D eigenvalue weighted by Gasteiger charge is -2.22. The summed E-state index contributed by atoms with van der Waals surface area (Å²) in [6, 6.07) is 8.80. The van der Waals surface area contributed by atoms with Gasteiger partial charge < -0.3 is 15.1 Å². The molecular weight excluding hydrogens is 250 g/mol. The van der Waals surface area contributed by atoms with Gasteiger partial charge in [-0.1, -0.05) is 30.3 Å². The van der Waals surface area contributed by atoms with Crippen LogP contribution < -0.4 is 0 Å². The zero-order chi connectivity index (χ0) is 14.4. The van der Waals surface area contributed by atoms with Gasteiger partial charge in [-0.15, -0.1) is 0 Å². The average molecular weight is 265 g/mol. The molecular formula is C13H15NO5. The topological polar surface area (TPSA) is 94.9 Å². The number of carboxylic acids is 2. The van der Waals surface area contributed by atoms with Gasteiger partial charge in [0.1, 0.15) is 13.1 Å². The van der Waals surface area contributed by atoms with E-state index in [0.29, 0.717) is 5.56 Å². The number of rotatable bonds is 6. The van der Waals surface area contributed by atoms with E-state index in [0.717, 1.165) is 4.90 Å². The van der Waals surface area contributed by atoms with Crippen molar-refractivity contribution in [2.24, 2.45) is 0 Å². The number of carbonyl (C=O) groups excluding carboxylic acids is 1. The van der Waals surface area contributed by atoms with Crippen molar-refractivity contribution in [3.8, 4) is 0 Å². The molecule has 0 saturated heterocycles. The van der Waals surface area contributed by atoms with Crippen LogP contribution >= 0.6 is 0 Å². The van der Waals surface area contributed by atoms with Crippen molar-refractivity contribution in [1.82, 2.24) is 4.90 Å². The second-order valence-electron chi connectivity index (χ2n) is 4.11. The van der Waals surface area contributed by atoms with Crippen LogP contribution in [0.3, 0.4) is 0 Å². The van der Waals surface area contributed by atoms with Crippen LogP contribution in [0.15, 0.2) is 30.3 Å². The van der Waals surface area contributed by atoms with Crippen molar-refractivity contribution in [3.63, 3.8) is 0 Å². The summed E-state index contributed by atoms with van der Waals surface area (Å²) >= 11 is 0. The number of hydrogen-bond donors (Lipinski definition) is 2. The summed E-state index contributed by atoms with van der Waals surface area (Å²) in [5.74, 6) is -3.58. The van der Waals surface area contributed by atoms with Crippen LogP contribution in [0.1, 0.15) is 18.4 Å². The Morgan fingerprint density at radius 3 is 1.95 bits per heavy atom. The number of hydrogen-bond acceptors (Lipinski definition) is 3. The first-order valence-corrected chi connectivity index (χ1v) is 5.69. The highest BCUT2D eigenvalue weighted by molar-refractivity contribution is 5.89. The number of aliphatic carboxylic acids is 2. The van der Waals surface area contributed by atoms with Crippen molar-refractivity contribution >= 4 is 17.8 Å². The first-order chi connectivity index (χ1) is 8.91. The van der Waals surface area contributed by atoms with E-state index in [2.05, 4.69) is 0 Å². The molecule has 0 fully saturated rings. The third-order valence-electron chi connectivity index (χ3n) is 2.63. The highest BCUT2D eigenvalue weighted by atomic mass is 16.4. The van der Waals surface area contributed by atoms with Gasteiger partial charge in [-0.2, -0.15) is 0 Å². The Hall–Kier alpha value is -2.37. The average Bonchev–Trinajstić information content (AvgIpc) is 2.36. The first kappa shape index (κ1) is 14.7. The van der Waals surface area contributed by atoms with E-state index in [4.69, 9.17) is 10.2 Å². The molecule has 0 aliphatic heterocycles. The predicted octanol–water partition coefficient (Wildman–Crippen LogP) is 0.788. The van der Waals surface area contributed by atoms with Gasteiger partial charge in [0.05, 0.1) is 5.92 Å². The van der Waals surface area contributed by atoms with Gasteiger partial charge in [0.25, 0.3) is 0 Å². The normalized spacial score (nSPS) is 11.6. The van der Waals surface area contributed by atoms with Gasteiger partial charge in [0, 0.05) is 0 Å². The van der Waals surface area contributed by atoms with E-state index in [1.807, 2.05) is 0 Å². The fourth-order valence-corrected chi connectivity index (χ4v) is 1.70. The third kappa shape index (κ3) is 4.42. The van der Waals surface area contributed by atoms with E-state index < -0.39 is 36.9 Å². The largest absolute Gasteiger partial charge is 0.480 e. The lowest BCUT2D eigenvalue weighted by molar-refractivity contribution is -0.149. The van der Waals surface area contributed by atoms with Crippen LogP contribution in [0.2, 0.25) is 0 Å². The molecule has 0 radical (unpaired) electrons. The molecule has 6 nitrogen and oxygen atoms in total. The molecule has 102 valence electrons. The fourth-order valence-electron chi connectivity index (χ4n) is 1.70. The number of amides is 1. The molecule has 1 amide bonds. The summed E-state index contributed by atoms with van der Waals surface area (Å²) in [7, 11) is 0. The van der Waals surface area contributed by atoms with Gasteiger partial charge in [0.15, 0.2) is 0 Å². The van der Waals surface area contributed by atoms with Crippen molar-refractivity contribution in [3.05, 3.63) is 35.9 Å². The maximum absolute atomic E-state index is 12.1. The molecule has 1 aromatic rings. The Morgan fingerprint density at radius 1 is 1.05 bits per heavy atom. The van der Waals surface area contributed by atoms with E-state index in [9.17, 15) is 14.4 Å². The molecule has 1 atom stereocenters. The van der Waals surface area contributed by atoms with Crippen molar-refractivity contribution in [2.75, 3.05) is 13.1 Å². The second kappa shape index (κ2) is 6.53. The number of benzene rings is 1. The molecule has 0 heterocycles. The maximum Gasteiger partial charge on any atom is 0.323 e. The molecule has 6 heteroatoms. The van der Waals surface area contributed by atoms with Gasteiger partial charge in [-0.05, 0) is 12.5 Å². The van der Waals surface area contributed by atoms with Crippen LogP contribution in [-0.4, -0.2) is 46.0 Å². The Bertz CT molecular complexity index is 455. The molecule has 1 unspecified atom stereocenters. The lowest BCUT2D eigenvalue weighted by atomic mass is 10.00. The molecule has 1 rings (SSSR count). The molecule has 0 bridgehead atoms. The Morgan fingerprint density at radius 2 is 1.53 bits per heavy atom. The molecule has 1 aromatic carbocycles. The standard InChI is InChI=1S/C13H15NO5/c1-9(10-5-3-2-4-6-10)13(19)14(7-11(15)16)8-12(17)18/h2-6,9H,7-8H2,1H3,(H,15,16)(H,17,18). The molecule has 0 aliphatic rings. The highest BCUT2D eigenvalue weighted by Gasteiger charge is 2.25. The van der Waals surface area contributed by atoms with E-state index in [1.165, 1.54) is 0 Å². The van der Waals surface area contributed by atoms with Crippen molar-refractivity contribution in [1.29, 1.82) is 0 Å². The second-order valence-corrected chi connectivity index (χ2v) is 4.11. The molecule has 0 saturated carbocycles. The van der Waals surface area contributed by atoms with Gasteiger partial charge in [0.2, 0.25) is 5.91 Å². The summed E-state index contributed by atoms with van der Waals surface area (Å²) in [5, 5.41) is 17.4. The van der Waals surface area contributed by atoms with Gasteiger partial charge in [-0.25, -0.2) is 0 Å². The van der Waals surface area contributed by atoms with Crippen LogP contribution in [0.4, 0.5) is 0 Å². The van der Waals surface area contributed by atoms with E-state index >= 15 is 0 Å². The van der Waals surface area contributed by atoms with Crippen LogP contribution in [0, 0.1) is 0 Å².